The molecule has 1 fully saturated rings. The molecule has 3 heterocycles. The molecule has 0 aliphatic carbocycles. The molecular weight excluding hydrogens is 538 g/mol. The quantitative estimate of drug-likeness (QED) is 0.273. The lowest BCUT2D eigenvalue weighted by Gasteiger charge is -2.51. The molecule has 2 N–H and O–H groups in total. The average molecular weight is 564 g/mol. The van der Waals surface area contributed by atoms with Crippen molar-refractivity contribution >= 4 is 22.2 Å². The standard InChI is InChI=1S/C30H25F4N5O2/c1-2-13-38-16-29(17-38,21-9-11-22(31)12-10-21)36-27(40)25-24(30(32,33)34)26-28(41)35-23(15-39(26)37-25)20-8-7-18-5-3-4-6-19(18)14-20/h3-12,14-15H,2,13,16-17H2,1H3,(H,35,41)(H,36,40). The molecule has 0 atom stereocenters. The van der Waals surface area contributed by atoms with Crippen molar-refractivity contribution in [3.8, 4) is 11.3 Å². The van der Waals surface area contributed by atoms with Crippen LogP contribution in [0.4, 0.5) is 17.6 Å². The van der Waals surface area contributed by atoms with Crippen LogP contribution in [0.5, 0.6) is 0 Å². The Morgan fingerprint density at radius 2 is 1.76 bits per heavy atom. The molecule has 3 aromatic carbocycles. The largest absolute Gasteiger partial charge is 0.421 e. The van der Waals surface area contributed by atoms with Crippen molar-refractivity contribution in [2.45, 2.75) is 25.1 Å². The third kappa shape index (κ3) is 4.76. The lowest BCUT2D eigenvalue weighted by atomic mass is 9.81. The molecule has 7 nitrogen and oxygen atoms in total. The van der Waals surface area contributed by atoms with Gasteiger partial charge in [0.15, 0.2) is 5.69 Å². The topological polar surface area (TPSA) is 82.5 Å². The van der Waals surface area contributed by atoms with Gasteiger partial charge in [-0.05, 0) is 47.5 Å². The van der Waals surface area contributed by atoms with Gasteiger partial charge in [0.25, 0.3) is 11.5 Å². The van der Waals surface area contributed by atoms with Crippen molar-refractivity contribution in [2.75, 3.05) is 19.6 Å². The number of nitrogens with zero attached hydrogens (tertiary/aromatic N) is 3. The molecule has 0 bridgehead atoms. The summed E-state index contributed by atoms with van der Waals surface area (Å²) in [5, 5.41) is 8.56. The van der Waals surface area contributed by atoms with Crippen molar-refractivity contribution in [2.24, 2.45) is 0 Å². The Morgan fingerprint density at radius 3 is 2.44 bits per heavy atom. The molecule has 210 valence electrons. The number of nitrogens with one attached hydrogen (secondary N) is 2. The Bertz CT molecular complexity index is 1840. The van der Waals surface area contributed by atoms with Crippen LogP contribution in [0.1, 0.15) is 35.0 Å². The number of rotatable bonds is 6. The number of carbonyl (C=O) groups excluding carboxylic acids is 1. The maximum atomic E-state index is 14.4. The zero-order valence-electron chi connectivity index (χ0n) is 21.9. The first kappa shape index (κ1) is 26.7. The number of aromatic amines is 1. The van der Waals surface area contributed by atoms with Crippen molar-refractivity contribution < 1.29 is 22.4 Å². The van der Waals surface area contributed by atoms with E-state index in [2.05, 4.69) is 15.4 Å². The molecule has 1 amide bonds. The normalized spacial score (nSPS) is 15.2. The fraction of sp³-hybridized carbons (Fsp3) is 0.233. The van der Waals surface area contributed by atoms with Crippen molar-refractivity contribution in [1.82, 2.24) is 24.8 Å². The van der Waals surface area contributed by atoms with E-state index in [0.29, 0.717) is 24.2 Å². The van der Waals surface area contributed by atoms with Gasteiger partial charge in [-0.2, -0.15) is 18.3 Å². The molecule has 41 heavy (non-hydrogen) atoms. The summed E-state index contributed by atoms with van der Waals surface area (Å²) < 4.78 is 57.6. The number of alkyl halides is 3. The highest BCUT2D eigenvalue weighted by molar-refractivity contribution is 5.97. The highest BCUT2D eigenvalue weighted by Gasteiger charge is 2.48. The molecule has 0 spiro atoms. The SMILES string of the molecule is CCCN1CC(NC(=O)c2nn3cc(-c4ccc5ccccc5c4)[nH]c(=O)c3c2C(F)(F)F)(c2ccc(F)cc2)C1. The first-order valence-corrected chi connectivity index (χ1v) is 13.1. The van der Waals surface area contributed by atoms with Crippen LogP contribution >= 0.6 is 0 Å². The molecule has 11 heteroatoms. The van der Waals surface area contributed by atoms with Gasteiger partial charge in [-0.25, -0.2) is 8.91 Å². The summed E-state index contributed by atoms with van der Waals surface area (Å²) >= 11 is 0. The van der Waals surface area contributed by atoms with E-state index in [1.54, 1.807) is 12.1 Å². The Morgan fingerprint density at radius 1 is 1.05 bits per heavy atom. The number of benzene rings is 3. The summed E-state index contributed by atoms with van der Waals surface area (Å²) in [7, 11) is 0. The van der Waals surface area contributed by atoms with Gasteiger partial charge in [0.05, 0.1) is 17.4 Å². The van der Waals surface area contributed by atoms with Crippen LogP contribution in [-0.2, 0) is 11.7 Å². The van der Waals surface area contributed by atoms with E-state index < -0.39 is 45.8 Å². The van der Waals surface area contributed by atoms with Gasteiger partial charge in [-0.1, -0.05) is 55.5 Å². The summed E-state index contributed by atoms with van der Waals surface area (Å²) in [6.45, 7) is 3.39. The first-order chi connectivity index (χ1) is 19.6. The van der Waals surface area contributed by atoms with Crippen molar-refractivity contribution in [1.29, 1.82) is 0 Å². The predicted molar refractivity (Wildman–Crippen MR) is 146 cm³/mol. The lowest BCUT2D eigenvalue weighted by Crippen LogP contribution is -2.67. The minimum atomic E-state index is -5.04. The molecule has 0 radical (unpaired) electrons. The zero-order chi connectivity index (χ0) is 28.9. The molecule has 0 saturated carbocycles. The molecule has 5 aromatic rings. The van der Waals surface area contributed by atoms with E-state index in [1.165, 1.54) is 30.5 Å². The summed E-state index contributed by atoms with van der Waals surface area (Å²) in [6.07, 6.45) is -2.92. The van der Waals surface area contributed by atoms with E-state index in [4.69, 9.17) is 0 Å². The monoisotopic (exact) mass is 563 g/mol. The van der Waals surface area contributed by atoms with Crippen LogP contribution in [0.25, 0.3) is 27.5 Å². The second-order valence-electron chi connectivity index (χ2n) is 10.3. The van der Waals surface area contributed by atoms with Gasteiger partial charge in [0, 0.05) is 18.7 Å². The Kier molecular flexibility index (Phi) is 6.41. The molecule has 6 rings (SSSR count). The van der Waals surface area contributed by atoms with Crippen molar-refractivity contribution in [3.63, 3.8) is 0 Å². The maximum Gasteiger partial charge on any atom is 0.421 e. The van der Waals surface area contributed by atoms with Crippen LogP contribution in [0.2, 0.25) is 0 Å². The predicted octanol–water partition coefficient (Wildman–Crippen LogP) is 5.35. The molecular formula is C30H25F4N5O2. The third-order valence-electron chi connectivity index (χ3n) is 7.46. The number of fused-ring (bicyclic) bond motifs is 2. The summed E-state index contributed by atoms with van der Waals surface area (Å²) in [4.78, 5) is 31.2. The van der Waals surface area contributed by atoms with Crippen molar-refractivity contribution in [3.05, 3.63) is 106 Å². The highest BCUT2D eigenvalue weighted by atomic mass is 19.4. The number of likely N-dealkylation sites (tertiary alicyclic amines) is 1. The lowest BCUT2D eigenvalue weighted by molar-refractivity contribution is -0.136. The van der Waals surface area contributed by atoms with Gasteiger partial charge in [-0.3, -0.25) is 14.5 Å². The second kappa shape index (κ2) is 9.84. The Hall–Kier alpha value is -4.51. The van der Waals surface area contributed by atoms with Crippen LogP contribution in [0.3, 0.4) is 0 Å². The van der Waals surface area contributed by atoms with E-state index in [0.717, 1.165) is 28.3 Å². The fourth-order valence-electron chi connectivity index (χ4n) is 5.58. The van der Waals surface area contributed by atoms with Crippen LogP contribution in [-0.4, -0.2) is 45.0 Å². The third-order valence-corrected chi connectivity index (χ3v) is 7.46. The number of H-pyrrole nitrogens is 1. The number of carbonyl (C=O) groups is 1. The summed E-state index contributed by atoms with van der Waals surface area (Å²) in [6, 6.07) is 18.4. The number of halogens is 4. The van der Waals surface area contributed by atoms with Gasteiger partial charge < -0.3 is 10.3 Å². The van der Waals surface area contributed by atoms with E-state index in [-0.39, 0.29) is 5.69 Å². The smallest absolute Gasteiger partial charge is 0.338 e. The summed E-state index contributed by atoms with van der Waals surface area (Å²) in [5.41, 5.74) is -3.79. The average Bonchev–Trinajstić information content (AvgIpc) is 3.33. The van der Waals surface area contributed by atoms with E-state index in [1.807, 2.05) is 42.2 Å². The van der Waals surface area contributed by atoms with Crippen LogP contribution in [0, 0.1) is 5.82 Å². The molecule has 1 aliphatic rings. The van der Waals surface area contributed by atoms with Crippen LogP contribution < -0.4 is 10.9 Å². The minimum absolute atomic E-state index is 0.244. The Labute approximate surface area is 231 Å². The van der Waals surface area contributed by atoms with Gasteiger partial charge >= 0.3 is 6.18 Å². The number of aromatic nitrogens is 3. The highest BCUT2D eigenvalue weighted by Crippen LogP contribution is 2.37. The number of hydrogen-bond donors (Lipinski definition) is 2. The zero-order valence-corrected chi connectivity index (χ0v) is 21.9. The fourth-order valence-corrected chi connectivity index (χ4v) is 5.58. The van der Waals surface area contributed by atoms with Gasteiger partial charge in [0.2, 0.25) is 0 Å². The van der Waals surface area contributed by atoms with Gasteiger partial charge in [-0.15, -0.1) is 0 Å². The molecule has 2 aromatic heterocycles. The maximum absolute atomic E-state index is 14.4. The second-order valence-corrected chi connectivity index (χ2v) is 10.3. The number of amides is 1. The Balaban J connectivity index is 1.43. The molecule has 0 unspecified atom stereocenters. The number of hydrogen-bond acceptors (Lipinski definition) is 4. The van der Waals surface area contributed by atoms with Crippen LogP contribution in [0.15, 0.2) is 77.7 Å². The minimum Gasteiger partial charge on any atom is -0.338 e. The van der Waals surface area contributed by atoms with E-state index in [9.17, 15) is 27.2 Å². The van der Waals surface area contributed by atoms with Gasteiger partial charge in [0.1, 0.15) is 16.9 Å². The molecule has 1 saturated heterocycles. The molecule has 1 aliphatic heterocycles. The first-order valence-electron chi connectivity index (χ1n) is 13.1. The van der Waals surface area contributed by atoms with E-state index >= 15 is 0 Å². The summed E-state index contributed by atoms with van der Waals surface area (Å²) in [5.74, 6) is -1.55.